The Bertz CT molecular complexity index is 280. The van der Waals surface area contributed by atoms with Gasteiger partial charge >= 0.3 is 0 Å². The van der Waals surface area contributed by atoms with Crippen molar-refractivity contribution in [2.45, 2.75) is 26.2 Å². The van der Waals surface area contributed by atoms with Crippen molar-refractivity contribution < 1.29 is 9.59 Å². The van der Waals surface area contributed by atoms with Gasteiger partial charge in [0.25, 0.3) is 0 Å². The van der Waals surface area contributed by atoms with Crippen LogP contribution in [0.3, 0.4) is 0 Å². The molecule has 0 N–H and O–H groups in total. The molecular weight excluding hydrogens is 164 g/mol. The van der Waals surface area contributed by atoms with Crippen molar-refractivity contribution in [1.29, 1.82) is 0 Å². The lowest BCUT2D eigenvalue weighted by Crippen LogP contribution is -2.29. The summed E-state index contributed by atoms with van der Waals surface area (Å²) in [5, 5.41) is 0. The summed E-state index contributed by atoms with van der Waals surface area (Å²) in [6, 6.07) is 0. The zero-order chi connectivity index (χ0) is 9.47. The summed E-state index contributed by atoms with van der Waals surface area (Å²) in [4.78, 5) is 22.0. The van der Waals surface area contributed by atoms with Gasteiger partial charge in [-0.3, -0.25) is 4.79 Å². The van der Waals surface area contributed by atoms with E-state index in [1.807, 2.05) is 6.08 Å². The standard InChI is InChI=1S/C11H14O2/c1-11-4-2-8(7-12)10(11)6-9(13)3-5-11/h3,5,7-8,10H,2,4,6H2,1H3/t8-,10+,11+/m1/s1. The molecule has 0 aromatic rings. The third kappa shape index (κ3) is 1.25. The molecule has 0 spiro atoms. The molecule has 2 aliphatic carbocycles. The van der Waals surface area contributed by atoms with Gasteiger partial charge in [-0.15, -0.1) is 0 Å². The molecule has 13 heavy (non-hydrogen) atoms. The second-order valence-corrected chi connectivity index (χ2v) is 4.45. The molecule has 2 rings (SSSR count). The number of carbonyl (C=O) groups is 2. The first kappa shape index (κ1) is 8.67. The van der Waals surface area contributed by atoms with Crippen molar-refractivity contribution in [2.24, 2.45) is 17.3 Å². The molecule has 2 aliphatic rings. The minimum atomic E-state index is 0.110. The lowest BCUT2D eigenvalue weighted by molar-refractivity contribution is -0.118. The van der Waals surface area contributed by atoms with Crippen LogP contribution in [-0.4, -0.2) is 12.1 Å². The highest BCUT2D eigenvalue weighted by Crippen LogP contribution is 2.50. The Kier molecular flexibility index (Phi) is 1.86. The van der Waals surface area contributed by atoms with Gasteiger partial charge in [0, 0.05) is 12.3 Å². The molecule has 0 bridgehead atoms. The van der Waals surface area contributed by atoms with Crippen LogP contribution in [0.4, 0.5) is 0 Å². The van der Waals surface area contributed by atoms with Crippen LogP contribution >= 0.6 is 0 Å². The number of aldehydes is 1. The molecule has 0 saturated heterocycles. The van der Waals surface area contributed by atoms with Crippen LogP contribution in [0.2, 0.25) is 0 Å². The van der Waals surface area contributed by atoms with E-state index in [1.54, 1.807) is 6.08 Å². The third-order valence-electron chi connectivity index (χ3n) is 3.63. The Balaban J connectivity index is 2.30. The summed E-state index contributed by atoms with van der Waals surface area (Å²) in [5.41, 5.74) is 0.111. The molecule has 0 aromatic heterocycles. The lowest BCUT2D eigenvalue weighted by Gasteiger charge is -2.32. The number of hydrogen-bond donors (Lipinski definition) is 0. The topological polar surface area (TPSA) is 34.1 Å². The van der Waals surface area contributed by atoms with Crippen LogP contribution in [-0.2, 0) is 9.59 Å². The molecule has 0 heterocycles. The van der Waals surface area contributed by atoms with Gasteiger partial charge in [0.1, 0.15) is 6.29 Å². The Morgan fingerprint density at radius 3 is 3.08 bits per heavy atom. The first-order chi connectivity index (χ1) is 6.15. The fourth-order valence-corrected chi connectivity index (χ4v) is 2.68. The molecule has 0 unspecified atom stereocenters. The summed E-state index contributed by atoms with van der Waals surface area (Å²) in [5.74, 6) is 0.553. The first-order valence-electron chi connectivity index (χ1n) is 4.83. The maximum atomic E-state index is 11.2. The summed E-state index contributed by atoms with van der Waals surface area (Å²) in [6.07, 6.45) is 7.28. The molecule has 70 valence electrons. The van der Waals surface area contributed by atoms with Crippen molar-refractivity contribution >= 4 is 12.1 Å². The zero-order valence-corrected chi connectivity index (χ0v) is 7.82. The normalized spacial score (nSPS) is 43.3. The Hall–Kier alpha value is -0.920. The van der Waals surface area contributed by atoms with E-state index < -0.39 is 0 Å². The molecule has 3 atom stereocenters. The quantitative estimate of drug-likeness (QED) is 0.573. The Morgan fingerprint density at radius 2 is 2.38 bits per heavy atom. The highest BCUT2D eigenvalue weighted by atomic mass is 16.1. The van der Waals surface area contributed by atoms with E-state index in [9.17, 15) is 9.59 Å². The van der Waals surface area contributed by atoms with Gasteiger partial charge in [0.2, 0.25) is 0 Å². The first-order valence-corrected chi connectivity index (χ1v) is 4.83. The number of hydrogen-bond acceptors (Lipinski definition) is 2. The largest absolute Gasteiger partial charge is 0.303 e. The van der Waals surface area contributed by atoms with Crippen molar-refractivity contribution in [2.75, 3.05) is 0 Å². The summed E-state index contributed by atoms with van der Waals surface area (Å²) >= 11 is 0. The van der Waals surface area contributed by atoms with E-state index >= 15 is 0 Å². The monoisotopic (exact) mass is 178 g/mol. The molecule has 0 radical (unpaired) electrons. The summed E-state index contributed by atoms with van der Waals surface area (Å²) in [6.45, 7) is 2.16. The number of allylic oxidation sites excluding steroid dienone is 2. The van der Waals surface area contributed by atoms with Crippen molar-refractivity contribution in [3.63, 3.8) is 0 Å². The van der Waals surface area contributed by atoms with Crippen molar-refractivity contribution in [3.05, 3.63) is 12.2 Å². The maximum Gasteiger partial charge on any atom is 0.155 e. The molecule has 0 amide bonds. The highest BCUT2D eigenvalue weighted by molar-refractivity contribution is 5.91. The molecule has 1 saturated carbocycles. The fraction of sp³-hybridized carbons (Fsp3) is 0.636. The zero-order valence-electron chi connectivity index (χ0n) is 7.82. The van der Waals surface area contributed by atoms with Crippen molar-refractivity contribution in [3.8, 4) is 0 Å². The van der Waals surface area contributed by atoms with Crippen LogP contribution in [0.5, 0.6) is 0 Å². The van der Waals surface area contributed by atoms with Gasteiger partial charge in [-0.05, 0) is 30.3 Å². The average molecular weight is 178 g/mol. The summed E-state index contributed by atoms with van der Waals surface area (Å²) in [7, 11) is 0. The number of rotatable bonds is 1. The second-order valence-electron chi connectivity index (χ2n) is 4.45. The smallest absolute Gasteiger partial charge is 0.155 e. The SMILES string of the molecule is C[C@]12C=CC(=O)C[C@H]1[C@@H](C=O)CC2. The molecule has 0 aromatic carbocycles. The molecule has 2 nitrogen and oxygen atoms in total. The van der Waals surface area contributed by atoms with Crippen LogP contribution in [0.1, 0.15) is 26.2 Å². The second kappa shape index (κ2) is 2.79. The van der Waals surface area contributed by atoms with E-state index in [0.29, 0.717) is 6.42 Å². The van der Waals surface area contributed by atoms with Crippen molar-refractivity contribution in [1.82, 2.24) is 0 Å². The number of fused-ring (bicyclic) bond motifs is 1. The highest BCUT2D eigenvalue weighted by Gasteiger charge is 2.45. The summed E-state index contributed by atoms with van der Waals surface area (Å²) < 4.78 is 0. The molecular formula is C11H14O2. The third-order valence-corrected chi connectivity index (χ3v) is 3.63. The Morgan fingerprint density at radius 1 is 1.62 bits per heavy atom. The van der Waals surface area contributed by atoms with Crippen LogP contribution in [0.25, 0.3) is 0 Å². The van der Waals surface area contributed by atoms with Gasteiger partial charge in [-0.1, -0.05) is 13.0 Å². The fourth-order valence-electron chi connectivity index (χ4n) is 2.68. The van der Waals surface area contributed by atoms with Gasteiger partial charge < -0.3 is 4.79 Å². The molecule has 0 aliphatic heterocycles. The van der Waals surface area contributed by atoms with Gasteiger partial charge in [0.15, 0.2) is 5.78 Å². The lowest BCUT2D eigenvalue weighted by atomic mass is 9.71. The van der Waals surface area contributed by atoms with E-state index in [-0.39, 0.29) is 23.0 Å². The van der Waals surface area contributed by atoms with Gasteiger partial charge in [-0.25, -0.2) is 0 Å². The Labute approximate surface area is 78.0 Å². The van der Waals surface area contributed by atoms with E-state index in [1.165, 1.54) is 0 Å². The number of carbonyl (C=O) groups excluding carboxylic acids is 2. The average Bonchev–Trinajstić information content (AvgIpc) is 2.43. The predicted molar refractivity (Wildman–Crippen MR) is 49.1 cm³/mol. The van der Waals surface area contributed by atoms with E-state index in [2.05, 4.69) is 6.92 Å². The van der Waals surface area contributed by atoms with Gasteiger partial charge in [0.05, 0.1) is 0 Å². The van der Waals surface area contributed by atoms with Crippen LogP contribution in [0.15, 0.2) is 12.2 Å². The minimum absolute atomic E-state index is 0.110. The number of ketones is 1. The van der Waals surface area contributed by atoms with Crippen LogP contribution < -0.4 is 0 Å². The predicted octanol–water partition coefficient (Wildman–Crippen LogP) is 1.75. The van der Waals surface area contributed by atoms with E-state index in [4.69, 9.17) is 0 Å². The molecule has 2 heteroatoms. The van der Waals surface area contributed by atoms with Gasteiger partial charge in [-0.2, -0.15) is 0 Å². The molecule has 1 fully saturated rings. The maximum absolute atomic E-state index is 11.2. The van der Waals surface area contributed by atoms with E-state index in [0.717, 1.165) is 19.1 Å². The minimum Gasteiger partial charge on any atom is -0.303 e. The van der Waals surface area contributed by atoms with Crippen LogP contribution in [0, 0.1) is 17.3 Å².